The second-order valence-corrected chi connectivity index (χ2v) is 7.13. The Labute approximate surface area is 109 Å². The zero-order chi connectivity index (χ0) is 12.5. The van der Waals surface area contributed by atoms with Gasteiger partial charge in [-0.25, -0.2) is 13.4 Å². The third-order valence-electron chi connectivity index (χ3n) is 2.25. The largest absolute Gasteiger partial charge is 0.242 e. The molecule has 0 aliphatic heterocycles. The second kappa shape index (κ2) is 5.02. The average Bonchev–Trinajstić information content (AvgIpc) is 2.20. The van der Waals surface area contributed by atoms with Crippen LogP contribution in [0.4, 0.5) is 0 Å². The smallest absolute Gasteiger partial charge is 0.181 e. The molecule has 1 heterocycles. The van der Waals surface area contributed by atoms with Crippen molar-refractivity contribution in [1.82, 2.24) is 4.98 Å². The molecular weight excluding hydrogens is 314 g/mol. The number of pyridine rings is 1. The summed E-state index contributed by atoms with van der Waals surface area (Å²) in [6, 6.07) is 0. The molecule has 0 aliphatic rings. The Balaban J connectivity index is 3.66. The van der Waals surface area contributed by atoms with Gasteiger partial charge in [-0.1, -0.05) is 32.4 Å². The number of rotatable bonds is 3. The molecular formula is C10H13BrClNO2S. The van der Waals surface area contributed by atoms with Crippen LogP contribution in [0.1, 0.15) is 32.3 Å². The first-order chi connectivity index (χ1) is 7.31. The van der Waals surface area contributed by atoms with Crippen LogP contribution in [0.25, 0.3) is 0 Å². The average molecular weight is 327 g/mol. The quantitative estimate of drug-likeness (QED) is 0.800. The van der Waals surface area contributed by atoms with Crippen molar-refractivity contribution >= 4 is 37.4 Å². The minimum atomic E-state index is -3.35. The molecule has 0 radical (unpaired) electrons. The van der Waals surface area contributed by atoms with Gasteiger partial charge in [0, 0.05) is 10.7 Å². The highest BCUT2D eigenvalue weighted by Gasteiger charge is 2.25. The van der Waals surface area contributed by atoms with Crippen LogP contribution in [-0.2, 0) is 9.84 Å². The highest BCUT2D eigenvalue weighted by atomic mass is 79.9. The molecule has 0 fully saturated rings. The van der Waals surface area contributed by atoms with Gasteiger partial charge >= 0.3 is 0 Å². The third-order valence-corrected chi connectivity index (χ3v) is 5.07. The fourth-order valence-corrected chi connectivity index (χ4v) is 4.11. The van der Waals surface area contributed by atoms with Gasteiger partial charge in [0.15, 0.2) is 9.84 Å². The summed E-state index contributed by atoms with van der Waals surface area (Å²) in [5.41, 5.74) is 0.696. The zero-order valence-corrected chi connectivity index (χ0v) is 12.4. The molecule has 1 aromatic rings. The SMILES string of the molecule is CCS(=O)(=O)c1c(Cl)ncc(Br)c1C(C)C. The molecule has 0 spiro atoms. The van der Waals surface area contributed by atoms with Gasteiger partial charge in [-0.2, -0.15) is 0 Å². The van der Waals surface area contributed by atoms with E-state index in [2.05, 4.69) is 20.9 Å². The molecule has 0 aromatic carbocycles. The summed E-state index contributed by atoms with van der Waals surface area (Å²) in [4.78, 5) is 4.03. The minimum absolute atomic E-state index is 0.0184. The lowest BCUT2D eigenvalue weighted by atomic mass is 10.1. The number of hydrogen-bond acceptors (Lipinski definition) is 3. The van der Waals surface area contributed by atoms with Gasteiger partial charge in [0.05, 0.1) is 5.75 Å². The number of nitrogens with zero attached hydrogens (tertiary/aromatic N) is 1. The Morgan fingerprint density at radius 1 is 1.50 bits per heavy atom. The number of sulfone groups is 1. The van der Waals surface area contributed by atoms with Gasteiger partial charge in [0.25, 0.3) is 0 Å². The molecule has 0 amide bonds. The standard InChI is InChI=1S/C10H13BrClNO2S/c1-4-16(14,15)9-8(6(2)3)7(11)5-13-10(9)12/h5-6H,4H2,1-3H3. The summed E-state index contributed by atoms with van der Waals surface area (Å²) >= 11 is 9.22. The van der Waals surface area contributed by atoms with E-state index in [9.17, 15) is 8.42 Å². The molecule has 90 valence electrons. The van der Waals surface area contributed by atoms with Crippen molar-refractivity contribution in [3.05, 3.63) is 21.4 Å². The van der Waals surface area contributed by atoms with Gasteiger partial charge in [0.1, 0.15) is 10.0 Å². The van der Waals surface area contributed by atoms with Gasteiger partial charge in [-0.3, -0.25) is 0 Å². The van der Waals surface area contributed by atoms with Gasteiger partial charge < -0.3 is 0 Å². The molecule has 0 unspecified atom stereocenters. The number of aromatic nitrogens is 1. The maximum Gasteiger partial charge on any atom is 0.181 e. The van der Waals surface area contributed by atoms with E-state index in [0.717, 1.165) is 0 Å². The van der Waals surface area contributed by atoms with Gasteiger partial charge in [-0.15, -0.1) is 0 Å². The normalized spacial score (nSPS) is 12.1. The van der Waals surface area contributed by atoms with Crippen molar-refractivity contribution in [2.24, 2.45) is 0 Å². The van der Waals surface area contributed by atoms with Crippen molar-refractivity contribution in [2.75, 3.05) is 5.75 Å². The molecule has 0 aliphatic carbocycles. The zero-order valence-electron chi connectivity index (χ0n) is 9.29. The van der Waals surface area contributed by atoms with E-state index in [4.69, 9.17) is 11.6 Å². The summed E-state index contributed by atoms with van der Waals surface area (Å²) in [7, 11) is -3.35. The summed E-state index contributed by atoms with van der Waals surface area (Å²) < 4.78 is 24.6. The molecule has 0 atom stereocenters. The first kappa shape index (κ1) is 13.9. The monoisotopic (exact) mass is 325 g/mol. The van der Waals surface area contributed by atoms with E-state index in [1.165, 1.54) is 6.20 Å². The lowest BCUT2D eigenvalue weighted by Gasteiger charge is -2.15. The molecule has 1 aromatic heterocycles. The van der Waals surface area contributed by atoms with Gasteiger partial charge in [-0.05, 0) is 27.4 Å². The summed E-state index contributed by atoms with van der Waals surface area (Å²) in [5.74, 6) is 0.0797. The van der Waals surface area contributed by atoms with Crippen molar-refractivity contribution in [1.29, 1.82) is 0 Å². The molecule has 3 nitrogen and oxygen atoms in total. The molecule has 1 rings (SSSR count). The Bertz CT molecular complexity index is 500. The topological polar surface area (TPSA) is 47.0 Å². The molecule has 6 heteroatoms. The number of halogens is 2. The maximum atomic E-state index is 12.0. The van der Waals surface area contributed by atoms with Crippen LogP contribution >= 0.6 is 27.5 Å². The molecule has 0 bridgehead atoms. The first-order valence-corrected chi connectivity index (χ1v) is 7.70. The molecule has 0 saturated carbocycles. The molecule has 16 heavy (non-hydrogen) atoms. The van der Waals surface area contributed by atoms with Crippen LogP contribution in [-0.4, -0.2) is 19.2 Å². The minimum Gasteiger partial charge on any atom is -0.242 e. The fourth-order valence-electron chi connectivity index (χ4n) is 1.44. The maximum absolute atomic E-state index is 12.0. The van der Waals surface area contributed by atoms with E-state index in [0.29, 0.717) is 10.0 Å². The van der Waals surface area contributed by atoms with Crippen molar-refractivity contribution in [3.8, 4) is 0 Å². The fraction of sp³-hybridized carbons (Fsp3) is 0.500. The van der Waals surface area contributed by atoms with Crippen LogP contribution in [0.2, 0.25) is 5.15 Å². The van der Waals surface area contributed by atoms with Crippen LogP contribution in [0.3, 0.4) is 0 Å². The Morgan fingerprint density at radius 2 is 2.06 bits per heavy atom. The van der Waals surface area contributed by atoms with E-state index in [1.54, 1.807) is 6.92 Å². The third kappa shape index (κ3) is 2.57. The van der Waals surface area contributed by atoms with E-state index < -0.39 is 9.84 Å². The van der Waals surface area contributed by atoms with Crippen molar-refractivity contribution in [3.63, 3.8) is 0 Å². The predicted octanol–water partition coefficient (Wildman–Crippen LogP) is 3.41. The lowest BCUT2D eigenvalue weighted by molar-refractivity contribution is 0.594. The first-order valence-electron chi connectivity index (χ1n) is 4.88. The Kier molecular flexibility index (Phi) is 4.37. The Morgan fingerprint density at radius 3 is 2.50 bits per heavy atom. The van der Waals surface area contributed by atoms with E-state index in [1.807, 2.05) is 13.8 Å². The number of hydrogen-bond donors (Lipinski definition) is 0. The summed E-state index contributed by atoms with van der Waals surface area (Å²) in [5, 5.41) is 0.0498. The summed E-state index contributed by atoms with van der Waals surface area (Å²) in [6.07, 6.45) is 1.53. The Hall–Kier alpha value is -0.130. The highest BCUT2D eigenvalue weighted by molar-refractivity contribution is 9.10. The van der Waals surface area contributed by atoms with E-state index >= 15 is 0 Å². The van der Waals surface area contributed by atoms with E-state index in [-0.39, 0.29) is 21.7 Å². The van der Waals surface area contributed by atoms with Crippen molar-refractivity contribution < 1.29 is 8.42 Å². The van der Waals surface area contributed by atoms with Gasteiger partial charge in [0.2, 0.25) is 0 Å². The lowest BCUT2D eigenvalue weighted by Crippen LogP contribution is -2.10. The second-order valence-electron chi connectivity index (χ2n) is 3.70. The molecule has 0 N–H and O–H groups in total. The highest BCUT2D eigenvalue weighted by Crippen LogP contribution is 2.34. The van der Waals surface area contributed by atoms with Crippen molar-refractivity contribution in [2.45, 2.75) is 31.6 Å². The van der Waals surface area contributed by atoms with Crippen LogP contribution in [0, 0.1) is 0 Å². The van der Waals surface area contributed by atoms with Crippen LogP contribution in [0.5, 0.6) is 0 Å². The molecule has 0 saturated heterocycles. The predicted molar refractivity (Wildman–Crippen MR) is 68.8 cm³/mol. The summed E-state index contributed by atoms with van der Waals surface area (Å²) in [6.45, 7) is 5.44. The van der Waals surface area contributed by atoms with Crippen LogP contribution in [0.15, 0.2) is 15.6 Å². The van der Waals surface area contributed by atoms with Crippen LogP contribution < -0.4 is 0 Å².